The molecule has 31 heavy (non-hydrogen) atoms. The molecule has 0 aromatic heterocycles. The molecule has 0 bridgehead atoms. The normalized spacial score (nSPS) is 17.9. The SMILES string of the molecule is Cc1ccc(/C(O)=C2\C(=O)C(=O)N(CCCCCC(=O)O)C2c2ccc(C)cc2)cc1. The van der Waals surface area contributed by atoms with E-state index >= 15 is 0 Å². The lowest BCUT2D eigenvalue weighted by Crippen LogP contribution is -2.30. The van der Waals surface area contributed by atoms with Gasteiger partial charge in [-0.2, -0.15) is 0 Å². The number of Topliss-reactive ketones (excluding diaryl/α,β-unsaturated/α-hetero) is 1. The summed E-state index contributed by atoms with van der Waals surface area (Å²) in [6.07, 6.45) is 1.80. The van der Waals surface area contributed by atoms with Gasteiger partial charge in [0.1, 0.15) is 5.76 Å². The van der Waals surface area contributed by atoms with Crippen molar-refractivity contribution in [3.63, 3.8) is 0 Å². The molecular formula is C25H27NO5. The maximum atomic E-state index is 12.9. The van der Waals surface area contributed by atoms with Gasteiger partial charge in [0.25, 0.3) is 11.7 Å². The van der Waals surface area contributed by atoms with E-state index in [-0.39, 0.29) is 17.8 Å². The van der Waals surface area contributed by atoms with Crippen LogP contribution in [0.3, 0.4) is 0 Å². The molecule has 1 heterocycles. The highest BCUT2D eigenvalue weighted by Gasteiger charge is 2.45. The summed E-state index contributed by atoms with van der Waals surface area (Å²) in [4.78, 5) is 38.0. The van der Waals surface area contributed by atoms with E-state index in [9.17, 15) is 19.5 Å². The lowest BCUT2D eigenvalue weighted by Gasteiger charge is -2.25. The molecule has 1 amide bonds. The minimum Gasteiger partial charge on any atom is -0.507 e. The van der Waals surface area contributed by atoms with Gasteiger partial charge in [-0.15, -0.1) is 0 Å². The highest BCUT2D eigenvalue weighted by Crippen LogP contribution is 2.39. The van der Waals surface area contributed by atoms with Gasteiger partial charge in [0.05, 0.1) is 11.6 Å². The monoisotopic (exact) mass is 421 g/mol. The van der Waals surface area contributed by atoms with Crippen LogP contribution < -0.4 is 0 Å². The van der Waals surface area contributed by atoms with Crippen LogP contribution in [0, 0.1) is 13.8 Å². The Morgan fingerprint density at radius 1 is 0.871 bits per heavy atom. The fourth-order valence-corrected chi connectivity index (χ4v) is 3.81. The molecule has 2 aromatic carbocycles. The third-order valence-corrected chi connectivity index (χ3v) is 5.55. The number of aliphatic carboxylic acids is 1. The highest BCUT2D eigenvalue weighted by atomic mass is 16.4. The number of aryl methyl sites for hydroxylation is 2. The largest absolute Gasteiger partial charge is 0.507 e. The van der Waals surface area contributed by atoms with Gasteiger partial charge in [0.15, 0.2) is 0 Å². The minimum atomic E-state index is -0.849. The van der Waals surface area contributed by atoms with Crippen molar-refractivity contribution in [2.24, 2.45) is 0 Å². The lowest BCUT2D eigenvalue weighted by atomic mass is 9.94. The summed E-state index contributed by atoms with van der Waals surface area (Å²) in [5, 5.41) is 19.8. The number of carboxylic acid groups (broad SMARTS) is 1. The lowest BCUT2D eigenvalue weighted by molar-refractivity contribution is -0.140. The van der Waals surface area contributed by atoms with Crippen LogP contribution >= 0.6 is 0 Å². The van der Waals surface area contributed by atoms with Crippen LogP contribution in [0.15, 0.2) is 54.1 Å². The van der Waals surface area contributed by atoms with Crippen molar-refractivity contribution < 1.29 is 24.6 Å². The van der Waals surface area contributed by atoms with E-state index in [1.165, 1.54) is 4.90 Å². The van der Waals surface area contributed by atoms with Crippen molar-refractivity contribution in [1.29, 1.82) is 0 Å². The molecule has 0 aliphatic carbocycles. The molecule has 2 N–H and O–H groups in total. The van der Waals surface area contributed by atoms with E-state index in [0.717, 1.165) is 16.7 Å². The third-order valence-electron chi connectivity index (χ3n) is 5.55. The number of hydrogen-bond donors (Lipinski definition) is 2. The number of likely N-dealkylation sites (tertiary alicyclic amines) is 1. The van der Waals surface area contributed by atoms with E-state index in [0.29, 0.717) is 31.4 Å². The Labute approximate surface area is 181 Å². The van der Waals surface area contributed by atoms with Gasteiger partial charge < -0.3 is 15.1 Å². The Morgan fingerprint density at radius 2 is 1.45 bits per heavy atom. The number of benzene rings is 2. The number of carbonyl (C=O) groups is 3. The number of amides is 1. The molecule has 3 rings (SSSR count). The number of aliphatic hydroxyl groups excluding tert-OH is 1. The first kappa shape index (κ1) is 22.3. The minimum absolute atomic E-state index is 0.0770. The maximum Gasteiger partial charge on any atom is 0.303 e. The van der Waals surface area contributed by atoms with Gasteiger partial charge in [-0.05, 0) is 32.3 Å². The van der Waals surface area contributed by atoms with Gasteiger partial charge in [0, 0.05) is 18.5 Å². The van der Waals surface area contributed by atoms with Gasteiger partial charge in [0.2, 0.25) is 0 Å². The Morgan fingerprint density at radius 3 is 2.03 bits per heavy atom. The van der Waals surface area contributed by atoms with E-state index in [1.807, 2.05) is 50.2 Å². The van der Waals surface area contributed by atoms with Gasteiger partial charge >= 0.3 is 5.97 Å². The zero-order valence-corrected chi connectivity index (χ0v) is 17.8. The Balaban J connectivity index is 1.96. The van der Waals surface area contributed by atoms with Crippen molar-refractivity contribution in [3.05, 3.63) is 76.4 Å². The predicted molar refractivity (Wildman–Crippen MR) is 117 cm³/mol. The molecule has 1 aliphatic rings. The summed E-state index contributed by atoms with van der Waals surface area (Å²) < 4.78 is 0. The molecule has 0 radical (unpaired) electrons. The van der Waals surface area contributed by atoms with Gasteiger partial charge in [-0.3, -0.25) is 14.4 Å². The number of carbonyl (C=O) groups excluding carboxylic acids is 2. The second-order valence-electron chi connectivity index (χ2n) is 7.97. The number of carboxylic acids is 1. The molecule has 1 atom stereocenters. The average Bonchev–Trinajstić information content (AvgIpc) is 2.99. The molecule has 1 fully saturated rings. The Hall–Kier alpha value is -3.41. The fourth-order valence-electron chi connectivity index (χ4n) is 3.81. The van der Waals surface area contributed by atoms with Gasteiger partial charge in [-0.25, -0.2) is 0 Å². The molecule has 1 unspecified atom stereocenters. The van der Waals surface area contributed by atoms with Crippen LogP contribution in [0.5, 0.6) is 0 Å². The van der Waals surface area contributed by atoms with Crippen molar-refractivity contribution >= 4 is 23.4 Å². The summed E-state index contributed by atoms with van der Waals surface area (Å²) in [5.41, 5.74) is 3.40. The van der Waals surface area contributed by atoms with E-state index < -0.39 is 23.7 Å². The molecule has 6 nitrogen and oxygen atoms in total. The smallest absolute Gasteiger partial charge is 0.303 e. The second kappa shape index (κ2) is 9.60. The zero-order chi connectivity index (χ0) is 22.5. The van der Waals surface area contributed by atoms with E-state index in [1.54, 1.807) is 12.1 Å². The average molecular weight is 421 g/mol. The first-order chi connectivity index (χ1) is 14.8. The second-order valence-corrected chi connectivity index (χ2v) is 7.97. The van der Waals surface area contributed by atoms with Crippen LogP contribution in [-0.4, -0.2) is 39.3 Å². The van der Waals surface area contributed by atoms with E-state index in [4.69, 9.17) is 5.11 Å². The predicted octanol–water partition coefficient (Wildman–Crippen LogP) is 4.37. The van der Waals surface area contributed by atoms with Crippen LogP contribution in [0.4, 0.5) is 0 Å². The quantitative estimate of drug-likeness (QED) is 0.286. The Kier molecular flexibility index (Phi) is 6.90. The van der Waals surface area contributed by atoms with Gasteiger partial charge in [-0.1, -0.05) is 66.1 Å². The van der Waals surface area contributed by atoms with Crippen LogP contribution in [0.2, 0.25) is 0 Å². The molecule has 0 saturated carbocycles. The first-order valence-electron chi connectivity index (χ1n) is 10.4. The number of rotatable bonds is 8. The van der Waals surface area contributed by atoms with Crippen LogP contribution in [0.1, 0.15) is 54.0 Å². The summed E-state index contributed by atoms with van der Waals surface area (Å²) in [6.45, 7) is 4.20. The number of hydrogen-bond acceptors (Lipinski definition) is 4. The highest BCUT2D eigenvalue weighted by molar-refractivity contribution is 6.46. The van der Waals surface area contributed by atoms with Crippen LogP contribution in [-0.2, 0) is 14.4 Å². The fraction of sp³-hybridized carbons (Fsp3) is 0.320. The Bertz CT molecular complexity index is 1010. The zero-order valence-electron chi connectivity index (χ0n) is 17.8. The maximum absolute atomic E-state index is 12.9. The van der Waals surface area contributed by atoms with Crippen LogP contribution in [0.25, 0.3) is 5.76 Å². The molecule has 162 valence electrons. The molecule has 1 saturated heterocycles. The molecule has 6 heteroatoms. The van der Waals surface area contributed by atoms with E-state index in [2.05, 4.69) is 0 Å². The standard InChI is InChI=1S/C25H27NO5/c1-16-7-11-18(12-8-16)22-21(23(29)19-13-9-17(2)10-14-19)24(30)25(31)26(22)15-5-3-4-6-20(27)28/h7-14,22,29H,3-6,15H2,1-2H3,(H,27,28)/b23-21+. The number of aliphatic hydroxyl groups is 1. The third kappa shape index (κ3) is 5.02. The van der Waals surface area contributed by atoms with Crippen molar-refractivity contribution in [2.45, 2.75) is 45.6 Å². The summed E-state index contributed by atoms with van der Waals surface area (Å²) in [5.74, 6) is -2.37. The topological polar surface area (TPSA) is 94.9 Å². The summed E-state index contributed by atoms with van der Waals surface area (Å²) >= 11 is 0. The molecule has 2 aromatic rings. The summed E-state index contributed by atoms with van der Waals surface area (Å²) in [7, 11) is 0. The first-order valence-corrected chi connectivity index (χ1v) is 10.4. The number of nitrogens with zero attached hydrogens (tertiary/aromatic N) is 1. The molecule has 0 spiro atoms. The molecular weight excluding hydrogens is 394 g/mol. The van der Waals surface area contributed by atoms with Crippen molar-refractivity contribution in [3.8, 4) is 0 Å². The number of unbranched alkanes of at least 4 members (excludes halogenated alkanes) is 2. The van der Waals surface area contributed by atoms with Crippen molar-refractivity contribution in [2.75, 3.05) is 6.54 Å². The number of ketones is 1. The molecule has 1 aliphatic heterocycles. The summed E-state index contributed by atoms with van der Waals surface area (Å²) in [6, 6.07) is 14.0. The van der Waals surface area contributed by atoms with Crippen molar-refractivity contribution in [1.82, 2.24) is 4.90 Å².